The number of hydrogen-bond donors (Lipinski definition) is 1. The average molecular weight is 291 g/mol. The van der Waals surface area contributed by atoms with Crippen LogP contribution in [0.5, 0.6) is 0 Å². The maximum atomic E-state index is 11.8. The Morgan fingerprint density at radius 3 is 2.71 bits per heavy atom. The predicted molar refractivity (Wildman–Crippen MR) is 78.1 cm³/mol. The summed E-state index contributed by atoms with van der Waals surface area (Å²) >= 11 is 0. The summed E-state index contributed by atoms with van der Waals surface area (Å²) in [6.07, 6.45) is 3.00. The van der Waals surface area contributed by atoms with Gasteiger partial charge in [-0.25, -0.2) is 4.79 Å². The van der Waals surface area contributed by atoms with E-state index in [1.165, 1.54) is 0 Å². The van der Waals surface area contributed by atoms with Crippen LogP contribution in [0.3, 0.4) is 0 Å². The van der Waals surface area contributed by atoms with Crippen molar-refractivity contribution in [3.8, 4) is 0 Å². The lowest BCUT2D eigenvalue weighted by molar-refractivity contribution is -0.124. The first kappa shape index (κ1) is 15.5. The van der Waals surface area contributed by atoms with Gasteiger partial charge in [-0.3, -0.25) is 4.79 Å². The van der Waals surface area contributed by atoms with E-state index in [2.05, 4.69) is 5.32 Å². The van der Waals surface area contributed by atoms with Crippen molar-refractivity contribution in [2.75, 3.05) is 19.8 Å². The van der Waals surface area contributed by atoms with Gasteiger partial charge in [0.05, 0.1) is 11.7 Å². The highest BCUT2D eigenvalue weighted by molar-refractivity contribution is 5.91. The van der Waals surface area contributed by atoms with Crippen LogP contribution < -0.4 is 5.32 Å². The number of carbonyl (C=O) groups is 2. The van der Waals surface area contributed by atoms with Crippen LogP contribution in [0.15, 0.2) is 24.3 Å². The average Bonchev–Trinajstić information content (AvgIpc) is 3.04. The maximum Gasteiger partial charge on any atom is 0.338 e. The van der Waals surface area contributed by atoms with Gasteiger partial charge in [0.1, 0.15) is 0 Å². The zero-order chi connectivity index (χ0) is 15.1. The predicted octanol–water partition coefficient (Wildman–Crippen LogP) is 1.70. The zero-order valence-corrected chi connectivity index (χ0v) is 12.3. The minimum atomic E-state index is -0.482. The molecule has 0 aromatic heterocycles. The maximum absolute atomic E-state index is 11.8. The Balaban J connectivity index is 1.70. The summed E-state index contributed by atoms with van der Waals surface area (Å²) in [5.74, 6) is -0.783. The van der Waals surface area contributed by atoms with Gasteiger partial charge in [0.15, 0.2) is 6.61 Å². The van der Waals surface area contributed by atoms with Crippen molar-refractivity contribution in [2.24, 2.45) is 0 Å². The molecule has 0 radical (unpaired) electrons. The topological polar surface area (TPSA) is 64.6 Å². The van der Waals surface area contributed by atoms with Gasteiger partial charge in [-0.1, -0.05) is 19.1 Å². The number of nitrogens with one attached hydrogen (secondary N) is 1. The Morgan fingerprint density at radius 2 is 2.10 bits per heavy atom. The van der Waals surface area contributed by atoms with Crippen LogP contribution in [0.4, 0.5) is 0 Å². The first-order valence-corrected chi connectivity index (χ1v) is 7.33. The molecule has 1 N–H and O–H groups in total. The molecule has 1 fully saturated rings. The van der Waals surface area contributed by atoms with E-state index in [1.54, 1.807) is 12.1 Å². The molecule has 0 saturated carbocycles. The van der Waals surface area contributed by atoms with Gasteiger partial charge in [0, 0.05) is 13.2 Å². The standard InChI is InChI=1S/C16H21NO4/c1-2-12-5-7-13(8-6-12)16(19)21-11-15(18)17-10-14-4-3-9-20-14/h5-8,14H,2-4,9-11H2,1H3,(H,17,18)/t14-/m0/s1. The lowest BCUT2D eigenvalue weighted by Gasteiger charge is -2.11. The van der Waals surface area contributed by atoms with Gasteiger partial charge >= 0.3 is 5.97 Å². The van der Waals surface area contributed by atoms with Crippen molar-refractivity contribution < 1.29 is 19.1 Å². The monoisotopic (exact) mass is 291 g/mol. The summed E-state index contributed by atoms with van der Waals surface area (Å²) < 4.78 is 10.4. The Morgan fingerprint density at radius 1 is 1.33 bits per heavy atom. The second kappa shape index (κ2) is 7.78. The number of hydrogen-bond acceptors (Lipinski definition) is 4. The van der Waals surface area contributed by atoms with Gasteiger partial charge in [-0.2, -0.15) is 0 Å². The highest BCUT2D eigenvalue weighted by atomic mass is 16.5. The molecule has 114 valence electrons. The van der Waals surface area contributed by atoms with Crippen LogP contribution in [0.2, 0.25) is 0 Å². The quantitative estimate of drug-likeness (QED) is 0.810. The smallest absolute Gasteiger partial charge is 0.338 e. The molecule has 0 spiro atoms. The normalized spacial score (nSPS) is 17.5. The summed E-state index contributed by atoms with van der Waals surface area (Å²) in [7, 11) is 0. The molecule has 1 aliphatic rings. The highest BCUT2D eigenvalue weighted by Crippen LogP contribution is 2.10. The first-order valence-electron chi connectivity index (χ1n) is 7.33. The van der Waals surface area contributed by atoms with Crippen LogP contribution in [0, 0.1) is 0 Å². The molecule has 1 aliphatic heterocycles. The molecule has 5 nitrogen and oxygen atoms in total. The van der Waals surface area contributed by atoms with Gasteiger partial charge in [-0.05, 0) is 37.0 Å². The number of ether oxygens (including phenoxy) is 2. The number of rotatable bonds is 6. The molecule has 1 aromatic rings. The molecule has 0 bridgehead atoms. The fourth-order valence-corrected chi connectivity index (χ4v) is 2.17. The number of amides is 1. The molecular weight excluding hydrogens is 270 g/mol. The number of esters is 1. The summed E-state index contributed by atoms with van der Waals surface area (Å²) in [5.41, 5.74) is 1.61. The third-order valence-electron chi connectivity index (χ3n) is 3.48. The third kappa shape index (κ3) is 4.86. The van der Waals surface area contributed by atoms with Crippen molar-refractivity contribution in [1.29, 1.82) is 0 Å². The van der Waals surface area contributed by atoms with Crippen LogP contribution >= 0.6 is 0 Å². The lowest BCUT2D eigenvalue weighted by atomic mass is 10.1. The molecule has 1 saturated heterocycles. The molecule has 1 atom stereocenters. The zero-order valence-electron chi connectivity index (χ0n) is 12.3. The van der Waals surface area contributed by atoms with E-state index in [1.807, 2.05) is 19.1 Å². The van der Waals surface area contributed by atoms with Gasteiger partial charge in [0.2, 0.25) is 0 Å². The van der Waals surface area contributed by atoms with E-state index in [4.69, 9.17) is 9.47 Å². The summed E-state index contributed by atoms with van der Waals surface area (Å²) in [6.45, 7) is 3.01. The van der Waals surface area contributed by atoms with E-state index in [9.17, 15) is 9.59 Å². The first-order chi connectivity index (χ1) is 10.2. The third-order valence-corrected chi connectivity index (χ3v) is 3.48. The number of carbonyl (C=O) groups excluding carboxylic acids is 2. The molecule has 5 heteroatoms. The lowest BCUT2D eigenvalue weighted by Crippen LogP contribution is -2.34. The molecule has 1 aromatic carbocycles. The van der Waals surface area contributed by atoms with Crippen LogP contribution in [0.1, 0.15) is 35.7 Å². The Bertz CT molecular complexity index is 478. The second-order valence-corrected chi connectivity index (χ2v) is 5.07. The fourth-order valence-electron chi connectivity index (χ4n) is 2.17. The number of aryl methyl sites for hydroxylation is 1. The molecular formula is C16H21NO4. The molecule has 0 unspecified atom stereocenters. The molecule has 2 rings (SSSR count). The highest BCUT2D eigenvalue weighted by Gasteiger charge is 2.16. The molecule has 0 aliphatic carbocycles. The minimum Gasteiger partial charge on any atom is -0.452 e. The summed E-state index contributed by atoms with van der Waals surface area (Å²) in [4.78, 5) is 23.4. The Kier molecular flexibility index (Phi) is 5.75. The van der Waals surface area contributed by atoms with Crippen molar-refractivity contribution in [1.82, 2.24) is 5.32 Å². The minimum absolute atomic E-state index is 0.0891. The van der Waals surface area contributed by atoms with E-state index in [0.29, 0.717) is 12.1 Å². The largest absolute Gasteiger partial charge is 0.452 e. The van der Waals surface area contributed by atoms with Gasteiger partial charge in [-0.15, -0.1) is 0 Å². The van der Waals surface area contributed by atoms with E-state index >= 15 is 0 Å². The Labute approximate surface area is 124 Å². The van der Waals surface area contributed by atoms with Crippen molar-refractivity contribution in [3.63, 3.8) is 0 Å². The van der Waals surface area contributed by atoms with Crippen LogP contribution in [-0.2, 0) is 20.7 Å². The molecule has 21 heavy (non-hydrogen) atoms. The Hall–Kier alpha value is -1.88. The van der Waals surface area contributed by atoms with Crippen LogP contribution in [0.25, 0.3) is 0 Å². The summed E-state index contributed by atoms with van der Waals surface area (Å²) in [5, 5.41) is 2.71. The van der Waals surface area contributed by atoms with Crippen molar-refractivity contribution in [3.05, 3.63) is 35.4 Å². The van der Waals surface area contributed by atoms with Gasteiger partial charge < -0.3 is 14.8 Å². The summed E-state index contributed by atoms with van der Waals surface area (Å²) in [6, 6.07) is 7.19. The van der Waals surface area contributed by atoms with E-state index in [-0.39, 0.29) is 18.6 Å². The SMILES string of the molecule is CCc1ccc(C(=O)OCC(=O)NC[C@@H]2CCCO2)cc1. The second-order valence-electron chi connectivity index (χ2n) is 5.07. The molecule has 1 heterocycles. The van der Waals surface area contributed by atoms with Crippen molar-refractivity contribution >= 4 is 11.9 Å². The fraction of sp³-hybridized carbons (Fsp3) is 0.500. The van der Waals surface area contributed by atoms with Gasteiger partial charge in [0.25, 0.3) is 5.91 Å². The molecule has 1 amide bonds. The van der Waals surface area contributed by atoms with Crippen molar-refractivity contribution in [2.45, 2.75) is 32.3 Å². The van der Waals surface area contributed by atoms with E-state index in [0.717, 1.165) is 31.4 Å². The van der Waals surface area contributed by atoms with E-state index < -0.39 is 5.97 Å². The van der Waals surface area contributed by atoms with Crippen LogP contribution in [-0.4, -0.2) is 37.7 Å². The number of benzene rings is 1.